The Kier molecular flexibility index (Phi) is 12.2. The molecule has 2 N–H and O–H groups in total. The van der Waals surface area contributed by atoms with E-state index in [1.165, 1.54) is 0 Å². The van der Waals surface area contributed by atoms with E-state index in [0.29, 0.717) is 12.2 Å². The molecule has 0 aliphatic rings. The second kappa shape index (κ2) is 13.8. The third-order valence-corrected chi connectivity index (χ3v) is 3.99. The van der Waals surface area contributed by atoms with Crippen LogP contribution in [0.5, 0.6) is 0 Å². The first-order valence-electron chi connectivity index (χ1n) is 9.76. The monoisotopic (exact) mass is 408 g/mol. The van der Waals surface area contributed by atoms with Crippen molar-refractivity contribution in [2.45, 2.75) is 35.1 Å². The van der Waals surface area contributed by atoms with Gasteiger partial charge in [-0.2, -0.15) is 5.10 Å². The molecule has 0 radical (unpaired) electrons. The van der Waals surface area contributed by atoms with Crippen molar-refractivity contribution in [1.82, 2.24) is 20.1 Å². The Labute approximate surface area is 181 Å². The summed E-state index contributed by atoms with van der Waals surface area (Å²) in [7, 11) is 1.90. The van der Waals surface area contributed by atoms with Gasteiger partial charge in [0.1, 0.15) is 5.69 Å². The fraction of sp³-hybridized carbons (Fsp3) is 0.280. The van der Waals surface area contributed by atoms with E-state index >= 15 is 0 Å². The van der Waals surface area contributed by atoms with Gasteiger partial charge < -0.3 is 9.88 Å². The predicted molar refractivity (Wildman–Crippen MR) is 131 cm³/mol. The Morgan fingerprint density at radius 3 is 2.47 bits per heavy atom. The summed E-state index contributed by atoms with van der Waals surface area (Å²) < 4.78 is 1.91. The second-order valence-corrected chi connectivity index (χ2v) is 6.10. The van der Waals surface area contributed by atoms with Gasteiger partial charge in [-0.3, -0.25) is 9.89 Å². The van der Waals surface area contributed by atoms with Crippen molar-refractivity contribution < 1.29 is 4.79 Å². The number of nitrogens with one attached hydrogen (secondary N) is 2. The highest BCUT2D eigenvalue weighted by Crippen LogP contribution is 2.25. The van der Waals surface area contributed by atoms with Crippen molar-refractivity contribution >= 4 is 16.8 Å². The van der Waals surface area contributed by atoms with Crippen LogP contribution in [-0.4, -0.2) is 27.2 Å². The topological polar surface area (TPSA) is 62.7 Å². The third-order valence-electron chi connectivity index (χ3n) is 3.99. The number of nitrogens with zero attached hydrogens (tertiary/aromatic N) is 2. The number of aromatic amines is 1. The van der Waals surface area contributed by atoms with Crippen molar-refractivity contribution in [3.8, 4) is 11.1 Å². The molecule has 3 rings (SSSR count). The summed E-state index contributed by atoms with van der Waals surface area (Å²) in [5, 5.41) is 10.7. The highest BCUT2D eigenvalue weighted by molar-refractivity contribution is 5.99. The molecule has 0 bridgehead atoms. The van der Waals surface area contributed by atoms with Crippen LogP contribution in [0.25, 0.3) is 22.0 Å². The summed E-state index contributed by atoms with van der Waals surface area (Å²) in [6.07, 6.45) is 9.18. The molecule has 30 heavy (non-hydrogen) atoms. The Hall–Kier alpha value is -3.34. The zero-order chi connectivity index (χ0) is 21.8. The largest absolute Gasteiger partial charge is 0.347 e. The Bertz CT molecular complexity index is 963. The van der Waals surface area contributed by atoms with E-state index in [9.17, 15) is 4.79 Å². The van der Waals surface area contributed by atoms with E-state index in [0.717, 1.165) is 27.6 Å². The minimum absolute atomic E-state index is 0. The Morgan fingerprint density at radius 1 is 1.23 bits per heavy atom. The van der Waals surface area contributed by atoms with Crippen LogP contribution < -0.4 is 5.32 Å². The molecule has 162 valence electrons. The van der Waals surface area contributed by atoms with Gasteiger partial charge in [0.05, 0.1) is 6.20 Å². The number of fused-ring (bicyclic) bond motifs is 1. The molecular weight excluding hydrogens is 372 g/mol. The van der Waals surface area contributed by atoms with Gasteiger partial charge in [0.15, 0.2) is 0 Å². The lowest BCUT2D eigenvalue weighted by Gasteiger charge is -2.07. The standard InChI is InChI=1S/C19H20N4O.C3H6.C2H6.CH4/c1-4-5-13(2)10-20-19(24)18-9-15-7-6-14(8-17(15)23(18)3)16-11-21-22-12-16;1-3-2;1-2;/h4-9,11-12H,2,10H2,1,3H3,(H,20,24)(H,21,22);3H,1H2,2H3;1-2H3;1H4/b5-4-;;;. The summed E-state index contributed by atoms with van der Waals surface area (Å²) in [6.45, 7) is 15.5. The minimum Gasteiger partial charge on any atom is -0.347 e. The normalized spacial score (nSPS) is 9.63. The lowest BCUT2D eigenvalue weighted by atomic mass is 10.1. The predicted octanol–water partition coefficient (Wildman–Crippen LogP) is 6.29. The van der Waals surface area contributed by atoms with Crippen molar-refractivity contribution in [2.24, 2.45) is 7.05 Å². The number of benzene rings is 1. The van der Waals surface area contributed by atoms with Crippen molar-refractivity contribution in [1.29, 1.82) is 0 Å². The highest BCUT2D eigenvalue weighted by atomic mass is 16.1. The summed E-state index contributed by atoms with van der Waals surface area (Å²) in [5.41, 5.74) is 4.58. The fourth-order valence-electron chi connectivity index (χ4n) is 2.72. The van der Waals surface area contributed by atoms with Crippen LogP contribution in [-0.2, 0) is 7.05 Å². The summed E-state index contributed by atoms with van der Waals surface area (Å²) in [4.78, 5) is 12.4. The molecule has 0 spiro atoms. The van der Waals surface area contributed by atoms with E-state index in [-0.39, 0.29) is 13.3 Å². The lowest BCUT2D eigenvalue weighted by molar-refractivity contribution is 0.0949. The summed E-state index contributed by atoms with van der Waals surface area (Å²) in [5.74, 6) is -0.107. The molecule has 0 aliphatic carbocycles. The lowest BCUT2D eigenvalue weighted by Crippen LogP contribution is -2.26. The van der Waals surface area contributed by atoms with Gasteiger partial charge in [-0.25, -0.2) is 0 Å². The van der Waals surface area contributed by atoms with Crippen molar-refractivity contribution in [3.63, 3.8) is 0 Å². The smallest absolute Gasteiger partial charge is 0.268 e. The minimum atomic E-state index is -0.107. The number of aromatic nitrogens is 3. The number of amides is 1. The van der Waals surface area contributed by atoms with E-state index in [4.69, 9.17) is 0 Å². The molecule has 5 heteroatoms. The van der Waals surface area contributed by atoms with Gasteiger partial charge in [-0.05, 0) is 37.1 Å². The number of aryl methyl sites for hydroxylation is 1. The van der Waals surface area contributed by atoms with Crippen molar-refractivity contribution in [3.05, 3.63) is 79.3 Å². The molecule has 0 unspecified atom stereocenters. The average Bonchev–Trinajstić information content (AvgIpc) is 3.37. The molecule has 2 aromatic heterocycles. The molecule has 0 aliphatic heterocycles. The number of H-pyrrole nitrogens is 1. The van der Waals surface area contributed by atoms with Crippen LogP contribution in [0.4, 0.5) is 0 Å². The quantitative estimate of drug-likeness (QED) is 0.385. The zero-order valence-corrected chi connectivity index (χ0v) is 18.1. The van der Waals surface area contributed by atoms with Crippen LogP contribution in [0.15, 0.2) is 73.6 Å². The van der Waals surface area contributed by atoms with Crippen LogP contribution in [0.3, 0.4) is 0 Å². The average molecular weight is 409 g/mol. The van der Waals surface area contributed by atoms with Gasteiger partial charge in [0, 0.05) is 36.3 Å². The number of rotatable bonds is 5. The van der Waals surface area contributed by atoms with Gasteiger partial charge >= 0.3 is 0 Å². The first-order chi connectivity index (χ1) is 14.0. The van der Waals surface area contributed by atoms with Crippen LogP contribution >= 0.6 is 0 Å². The third kappa shape index (κ3) is 6.92. The van der Waals surface area contributed by atoms with E-state index in [2.05, 4.69) is 34.7 Å². The highest BCUT2D eigenvalue weighted by Gasteiger charge is 2.14. The molecule has 3 aromatic rings. The number of carbonyl (C=O) groups is 1. The molecule has 5 nitrogen and oxygen atoms in total. The first-order valence-corrected chi connectivity index (χ1v) is 9.76. The number of hydrogen-bond acceptors (Lipinski definition) is 2. The van der Waals surface area contributed by atoms with Crippen molar-refractivity contribution in [2.75, 3.05) is 6.54 Å². The van der Waals surface area contributed by atoms with Gasteiger partial charge in [-0.1, -0.05) is 58.2 Å². The number of hydrogen-bond donors (Lipinski definition) is 2. The summed E-state index contributed by atoms with van der Waals surface area (Å²) in [6, 6.07) is 8.02. The first kappa shape index (κ1) is 26.7. The molecule has 1 aromatic carbocycles. The van der Waals surface area contributed by atoms with Gasteiger partial charge in [-0.15, -0.1) is 6.58 Å². The number of carbonyl (C=O) groups excluding carboxylic acids is 1. The van der Waals surface area contributed by atoms with E-state index in [1.807, 2.05) is 75.9 Å². The molecule has 2 heterocycles. The maximum atomic E-state index is 12.4. The molecule has 0 atom stereocenters. The van der Waals surface area contributed by atoms with Gasteiger partial charge in [0.2, 0.25) is 0 Å². The fourth-order valence-corrected chi connectivity index (χ4v) is 2.72. The maximum absolute atomic E-state index is 12.4. The molecule has 0 saturated carbocycles. The molecule has 0 fully saturated rings. The van der Waals surface area contributed by atoms with Gasteiger partial charge in [0.25, 0.3) is 5.91 Å². The Balaban J connectivity index is 0.00000129. The van der Waals surface area contributed by atoms with Crippen LogP contribution in [0.1, 0.15) is 45.6 Å². The Morgan fingerprint density at radius 2 is 1.90 bits per heavy atom. The van der Waals surface area contributed by atoms with E-state index < -0.39 is 0 Å². The molecule has 1 amide bonds. The number of allylic oxidation sites excluding steroid dienone is 2. The van der Waals surface area contributed by atoms with Crippen LogP contribution in [0, 0.1) is 0 Å². The second-order valence-electron chi connectivity index (χ2n) is 6.10. The maximum Gasteiger partial charge on any atom is 0.268 e. The molecule has 0 saturated heterocycles. The zero-order valence-electron chi connectivity index (χ0n) is 18.1. The molecular formula is C25H36N4O. The SMILES string of the molecule is C.C=C(/C=C\C)CNC(=O)c1cc2ccc(-c3cn[nH]c3)cc2n1C.C=CC.CC. The van der Waals surface area contributed by atoms with E-state index in [1.54, 1.807) is 12.3 Å². The summed E-state index contributed by atoms with van der Waals surface area (Å²) >= 11 is 0. The van der Waals surface area contributed by atoms with Crippen LogP contribution in [0.2, 0.25) is 0 Å².